The van der Waals surface area contributed by atoms with Gasteiger partial charge in [-0.1, -0.05) is 19.8 Å². The Morgan fingerprint density at radius 2 is 1.89 bits per heavy atom. The largest absolute Gasteiger partial charge is 0.109 e. The minimum atomic E-state index is 0.188. The monoisotopic (exact) mass is 163 g/mol. The van der Waals surface area contributed by atoms with Crippen LogP contribution in [0.5, 0.6) is 0 Å². The highest BCUT2D eigenvalue weighted by atomic mass is 31.7. The van der Waals surface area contributed by atoms with Crippen molar-refractivity contribution < 1.29 is 0 Å². The lowest BCUT2D eigenvalue weighted by molar-refractivity contribution is 0.706. The zero-order chi connectivity index (χ0) is 7.11. The van der Waals surface area contributed by atoms with Crippen LogP contribution in [-0.4, -0.2) is 12.8 Å². The fraction of sp³-hybridized carbons (Fsp3) is 1.00. The summed E-state index contributed by atoms with van der Waals surface area (Å²) in [7, 11) is 3.83. The molecule has 0 aliphatic rings. The summed E-state index contributed by atoms with van der Waals surface area (Å²) in [5, 5.41) is 0. The van der Waals surface area contributed by atoms with Gasteiger partial charge in [0.05, 0.1) is 6.66 Å². The van der Waals surface area contributed by atoms with Gasteiger partial charge in [0.1, 0.15) is 21.9 Å². The molecule has 0 aromatic rings. The molecule has 0 fully saturated rings. The Hall–Kier alpha value is 0.600. The molecule has 0 spiro atoms. The molecule has 0 bridgehead atoms. The van der Waals surface area contributed by atoms with Crippen molar-refractivity contribution in [1.82, 2.24) is 0 Å². The smallest absolute Gasteiger partial charge is 0.0654 e. The number of hydrogen-bond donors (Lipinski definition) is 0. The normalized spacial score (nSPS) is 11.6. The molecule has 9 heavy (non-hydrogen) atoms. The van der Waals surface area contributed by atoms with Crippen molar-refractivity contribution >= 4 is 15.7 Å². The zero-order valence-corrected chi connectivity index (χ0v) is 8.38. The zero-order valence-electron chi connectivity index (χ0n) is 6.48. The molecule has 0 amide bonds. The van der Waals surface area contributed by atoms with Crippen LogP contribution in [0, 0.1) is 0 Å². The lowest BCUT2D eigenvalue weighted by Gasteiger charge is -1.90. The van der Waals surface area contributed by atoms with Crippen LogP contribution in [0.25, 0.3) is 0 Å². The molecule has 0 heterocycles. The summed E-state index contributed by atoms with van der Waals surface area (Å²) in [5.41, 5.74) is 0. The highest BCUT2D eigenvalue weighted by molar-refractivity contribution is 7.86. The van der Waals surface area contributed by atoms with Gasteiger partial charge in [-0.25, -0.2) is 0 Å². The summed E-state index contributed by atoms with van der Waals surface area (Å²) in [6.07, 6.45) is 7.00. The minimum absolute atomic E-state index is 0.188. The van der Waals surface area contributed by atoms with E-state index in [1.54, 1.807) is 0 Å². The van der Waals surface area contributed by atoms with Crippen LogP contribution in [0.4, 0.5) is 0 Å². The summed E-state index contributed by atoms with van der Waals surface area (Å²) >= 11 is 0. The first-order valence-electron chi connectivity index (χ1n) is 3.69. The molecule has 0 radical (unpaired) electrons. The van der Waals surface area contributed by atoms with Crippen LogP contribution < -0.4 is 0 Å². The number of rotatable bonds is 5. The third kappa shape index (κ3) is 8.60. The molecule has 0 aliphatic carbocycles. The third-order valence-corrected chi connectivity index (χ3v) is 3.00. The van der Waals surface area contributed by atoms with E-state index in [4.69, 9.17) is 0 Å². The van der Waals surface area contributed by atoms with E-state index < -0.39 is 0 Å². The van der Waals surface area contributed by atoms with E-state index in [2.05, 4.69) is 22.1 Å². The SMILES string of the molecule is CCCCCC[P+](C)=P. The first kappa shape index (κ1) is 9.60. The molecule has 0 aromatic heterocycles. The van der Waals surface area contributed by atoms with E-state index >= 15 is 0 Å². The lowest BCUT2D eigenvalue weighted by atomic mass is 10.2. The molecular formula is C7H17P2+. The van der Waals surface area contributed by atoms with Gasteiger partial charge in [0.15, 0.2) is 0 Å². The Morgan fingerprint density at radius 3 is 2.33 bits per heavy atom. The van der Waals surface area contributed by atoms with Crippen LogP contribution in [0.3, 0.4) is 0 Å². The van der Waals surface area contributed by atoms with Crippen LogP contribution in [-0.2, 0) is 0 Å². The van der Waals surface area contributed by atoms with Crippen LogP contribution in [0.2, 0.25) is 0 Å². The van der Waals surface area contributed by atoms with Gasteiger partial charge in [-0.05, 0) is 12.8 Å². The van der Waals surface area contributed by atoms with E-state index in [0.29, 0.717) is 0 Å². The van der Waals surface area contributed by atoms with Crippen molar-refractivity contribution in [2.45, 2.75) is 32.6 Å². The summed E-state index contributed by atoms with van der Waals surface area (Å²) in [5.74, 6) is 0. The van der Waals surface area contributed by atoms with Gasteiger partial charge in [-0.3, -0.25) is 0 Å². The molecule has 0 nitrogen and oxygen atoms in total. The van der Waals surface area contributed by atoms with Gasteiger partial charge in [0, 0.05) is 0 Å². The van der Waals surface area contributed by atoms with Crippen molar-refractivity contribution in [2.75, 3.05) is 12.8 Å². The Bertz CT molecular complexity index is 79.0. The molecule has 0 saturated carbocycles. The molecular weight excluding hydrogens is 146 g/mol. The van der Waals surface area contributed by atoms with Crippen molar-refractivity contribution in [3.05, 3.63) is 0 Å². The summed E-state index contributed by atoms with van der Waals surface area (Å²) in [6, 6.07) is 0. The van der Waals surface area contributed by atoms with Crippen LogP contribution >= 0.6 is 15.7 Å². The Balaban J connectivity index is 2.83. The maximum Gasteiger partial charge on any atom is 0.109 e. The van der Waals surface area contributed by atoms with E-state index in [9.17, 15) is 0 Å². The maximum atomic E-state index is 3.64. The molecule has 0 N–H and O–H groups in total. The molecule has 0 saturated heterocycles. The second kappa shape index (κ2) is 6.72. The highest BCUT2D eigenvalue weighted by Crippen LogP contribution is 2.23. The van der Waals surface area contributed by atoms with Gasteiger partial charge in [0.25, 0.3) is 0 Å². The van der Waals surface area contributed by atoms with E-state index in [1.807, 2.05) is 0 Å². The van der Waals surface area contributed by atoms with E-state index in [0.717, 1.165) is 0 Å². The molecule has 1 atom stereocenters. The predicted octanol–water partition coefficient (Wildman–Crippen LogP) is 3.74. The Kier molecular flexibility index (Phi) is 7.16. The van der Waals surface area contributed by atoms with Crippen LogP contribution in [0.1, 0.15) is 32.6 Å². The maximum absolute atomic E-state index is 3.64. The standard InChI is InChI=1S/C7H17P2/c1-3-4-5-6-7-9(2)8/h8H,3-7H2,1-2H3/q+1. The second-order valence-electron chi connectivity index (χ2n) is 2.48. The summed E-state index contributed by atoms with van der Waals surface area (Å²) in [6.45, 7) is 4.53. The van der Waals surface area contributed by atoms with Crippen molar-refractivity contribution in [1.29, 1.82) is 0 Å². The Labute approximate surface area is 61.9 Å². The Morgan fingerprint density at radius 1 is 1.22 bits per heavy atom. The summed E-state index contributed by atoms with van der Waals surface area (Å²) < 4.78 is 0. The quantitative estimate of drug-likeness (QED) is 0.428. The lowest BCUT2D eigenvalue weighted by Crippen LogP contribution is -1.77. The van der Waals surface area contributed by atoms with Gasteiger partial charge >= 0.3 is 0 Å². The van der Waals surface area contributed by atoms with Crippen LogP contribution in [0.15, 0.2) is 0 Å². The van der Waals surface area contributed by atoms with Crippen molar-refractivity contribution in [3.8, 4) is 0 Å². The number of hydrogen-bond acceptors (Lipinski definition) is 0. The highest BCUT2D eigenvalue weighted by Gasteiger charge is 1.95. The average Bonchev–Trinajstić information content (AvgIpc) is 1.80. The summed E-state index contributed by atoms with van der Waals surface area (Å²) in [4.78, 5) is 0. The van der Waals surface area contributed by atoms with Crippen molar-refractivity contribution in [2.24, 2.45) is 0 Å². The van der Waals surface area contributed by atoms with Gasteiger partial charge in [0.2, 0.25) is 0 Å². The van der Waals surface area contributed by atoms with Gasteiger partial charge in [-0.2, -0.15) is 0 Å². The molecule has 1 unspecified atom stereocenters. The van der Waals surface area contributed by atoms with E-state index in [1.165, 1.54) is 31.8 Å². The molecule has 2 heteroatoms. The van der Waals surface area contributed by atoms with Gasteiger partial charge < -0.3 is 0 Å². The predicted molar refractivity (Wildman–Crippen MR) is 50.2 cm³/mol. The molecule has 0 aromatic carbocycles. The molecule has 54 valence electrons. The first-order chi connectivity index (χ1) is 4.27. The topological polar surface area (TPSA) is 0 Å². The minimum Gasteiger partial charge on any atom is -0.0654 e. The fourth-order valence-corrected chi connectivity index (χ4v) is 1.95. The molecule has 0 aliphatic heterocycles. The first-order valence-corrected chi connectivity index (χ1v) is 7.01. The third-order valence-electron chi connectivity index (χ3n) is 1.35. The second-order valence-corrected chi connectivity index (χ2v) is 6.62. The number of unbranched alkanes of at least 4 members (excludes halogenated alkanes) is 3. The fourth-order valence-electron chi connectivity index (χ4n) is 0.776. The molecule has 0 rings (SSSR count). The average molecular weight is 163 g/mol. The van der Waals surface area contributed by atoms with E-state index in [-0.39, 0.29) is 7.21 Å². The van der Waals surface area contributed by atoms with Gasteiger partial charge in [-0.15, -0.1) is 0 Å². The van der Waals surface area contributed by atoms with Crippen molar-refractivity contribution in [3.63, 3.8) is 0 Å².